The van der Waals surface area contributed by atoms with E-state index in [9.17, 15) is 9.90 Å². The average Bonchev–Trinajstić information content (AvgIpc) is 2.26. The van der Waals surface area contributed by atoms with Crippen LogP contribution in [0.25, 0.3) is 0 Å². The lowest BCUT2D eigenvalue weighted by Gasteiger charge is -2.12. The highest BCUT2D eigenvalue weighted by Crippen LogP contribution is 2.34. The summed E-state index contributed by atoms with van der Waals surface area (Å²) in [4.78, 5) is 11.2. The molecule has 5 nitrogen and oxygen atoms in total. The molecule has 0 saturated carbocycles. The second-order valence-electron chi connectivity index (χ2n) is 3.33. The number of ether oxygens (including phenoxy) is 1. The summed E-state index contributed by atoms with van der Waals surface area (Å²) in [6.07, 6.45) is 0.914. The van der Waals surface area contributed by atoms with Crippen LogP contribution in [0.3, 0.4) is 0 Å². The van der Waals surface area contributed by atoms with Gasteiger partial charge >= 0.3 is 0 Å². The number of anilines is 1. The Hall–Kier alpha value is -1.91. The number of aromatic hydroxyl groups is 1. The van der Waals surface area contributed by atoms with Crippen molar-refractivity contribution in [2.24, 2.45) is 5.73 Å². The number of nitrogens with one attached hydrogen (secondary N) is 1. The summed E-state index contributed by atoms with van der Waals surface area (Å²) in [5, 5.41) is 12.9. The molecule has 5 heteroatoms. The van der Waals surface area contributed by atoms with E-state index in [1.54, 1.807) is 12.1 Å². The number of benzene rings is 1. The molecule has 0 aliphatic rings. The second-order valence-corrected chi connectivity index (χ2v) is 3.33. The van der Waals surface area contributed by atoms with Gasteiger partial charge in [0.05, 0.1) is 12.8 Å². The van der Waals surface area contributed by atoms with Crippen LogP contribution in [0, 0.1) is 0 Å². The molecular weight excluding hydrogens is 208 g/mol. The number of hydrogen-bond donors (Lipinski definition) is 3. The minimum atomic E-state index is -0.713. The molecule has 0 atom stereocenters. The van der Waals surface area contributed by atoms with Gasteiger partial charge in [-0.25, -0.2) is 0 Å². The molecule has 0 radical (unpaired) electrons. The monoisotopic (exact) mass is 224 g/mol. The van der Waals surface area contributed by atoms with Crippen molar-refractivity contribution in [2.45, 2.75) is 13.3 Å². The number of amides is 1. The average molecular weight is 224 g/mol. The molecule has 88 valence electrons. The molecule has 1 aromatic rings. The Balaban J connectivity index is 3.15. The quantitative estimate of drug-likeness (QED) is 0.658. The third-order valence-corrected chi connectivity index (χ3v) is 2.17. The SMILES string of the molecule is CCCNc1ccc(OC)c(C(N)=O)c1O. The molecular formula is C11H16N2O3. The summed E-state index contributed by atoms with van der Waals surface area (Å²) in [6, 6.07) is 3.24. The lowest BCUT2D eigenvalue weighted by Crippen LogP contribution is -2.14. The molecule has 0 aromatic heterocycles. The van der Waals surface area contributed by atoms with Crippen LogP contribution >= 0.6 is 0 Å². The number of hydrogen-bond acceptors (Lipinski definition) is 4. The molecule has 1 amide bonds. The number of rotatable bonds is 5. The summed E-state index contributed by atoms with van der Waals surface area (Å²) in [6.45, 7) is 2.71. The normalized spacial score (nSPS) is 9.88. The lowest BCUT2D eigenvalue weighted by atomic mass is 10.1. The summed E-state index contributed by atoms with van der Waals surface area (Å²) in [7, 11) is 1.42. The van der Waals surface area contributed by atoms with E-state index in [0.717, 1.165) is 6.42 Å². The van der Waals surface area contributed by atoms with Gasteiger partial charge in [0, 0.05) is 6.54 Å². The first-order valence-electron chi connectivity index (χ1n) is 5.05. The standard InChI is InChI=1S/C11H16N2O3/c1-3-6-13-7-4-5-8(16-2)9(10(7)14)11(12)15/h4-5,13-14H,3,6H2,1-2H3,(H2,12,15). The van der Waals surface area contributed by atoms with Gasteiger partial charge in [-0.15, -0.1) is 0 Å². The Labute approximate surface area is 94.2 Å². The van der Waals surface area contributed by atoms with E-state index in [4.69, 9.17) is 10.5 Å². The molecule has 16 heavy (non-hydrogen) atoms. The van der Waals surface area contributed by atoms with E-state index in [1.165, 1.54) is 7.11 Å². The maximum Gasteiger partial charge on any atom is 0.256 e. The highest BCUT2D eigenvalue weighted by Gasteiger charge is 2.17. The van der Waals surface area contributed by atoms with Crippen molar-refractivity contribution in [3.8, 4) is 11.5 Å². The van der Waals surface area contributed by atoms with Crippen molar-refractivity contribution in [3.63, 3.8) is 0 Å². The van der Waals surface area contributed by atoms with Crippen LogP contribution in [0.1, 0.15) is 23.7 Å². The highest BCUT2D eigenvalue weighted by atomic mass is 16.5. The topological polar surface area (TPSA) is 84.6 Å². The van der Waals surface area contributed by atoms with Crippen LogP contribution in [-0.2, 0) is 0 Å². The van der Waals surface area contributed by atoms with Crippen molar-refractivity contribution in [2.75, 3.05) is 19.0 Å². The predicted octanol–water partition coefficient (Wildman–Crippen LogP) is 1.32. The fourth-order valence-corrected chi connectivity index (χ4v) is 1.38. The van der Waals surface area contributed by atoms with Crippen LogP contribution in [0.4, 0.5) is 5.69 Å². The number of carbonyl (C=O) groups is 1. The molecule has 1 aromatic carbocycles. The fourth-order valence-electron chi connectivity index (χ4n) is 1.38. The van der Waals surface area contributed by atoms with E-state index in [-0.39, 0.29) is 17.1 Å². The fraction of sp³-hybridized carbons (Fsp3) is 0.364. The van der Waals surface area contributed by atoms with Gasteiger partial charge in [-0.2, -0.15) is 0 Å². The van der Waals surface area contributed by atoms with Crippen molar-refractivity contribution >= 4 is 11.6 Å². The van der Waals surface area contributed by atoms with E-state index >= 15 is 0 Å². The molecule has 0 heterocycles. The van der Waals surface area contributed by atoms with E-state index < -0.39 is 5.91 Å². The molecule has 0 fully saturated rings. The number of primary amides is 1. The van der Waals surface area contributed by atoms with Crippen LogP contribution < -0.4 is 15.8 Å². The maximum atomic E-state index is 11.2. The van der Waals surface area contributed by atoms with Crippen LogP contribution in [0.15, 0.2) is 12.1 Å². The number of carbonyl (C=O) groups excluding carboxylic acids is 1. The van der Waals surface area contributed by atoms with E-state index in [1.807, 2.05) is 6.92 Å². The molecule has 4 N–H and O–H groups in total. The molecule has 0 saturated heterocycles. The molecule has 0 unspecified atom stereocenters. The zero-order valence-electron chi connectivity index (χ0n) is 9.41. The number of methoxy groups -OCH3 is 1. The lowest BCUT2D eigenvalue weighted by molar-refractivity contribution is 0.0995. The van der Waals surface area contributed by atoms with Crippen molar-refractivity contribution < 1.29 is 14.6 Å². The second kappa shape index (κ2) is 5.25. The molecule has 0 aliphatic carbocycles. The van der Waals surface area contributed by atoms with Crippen molar-refractivity contribution in [1.29, 1.82) is 0 Å². The van der Waals surface area contributed by atoms with Crippen molar-refractivity contribution in [3.05, 3.63) is 17.7 Å². The summed E-state index contributed by atoms with van der Waals surface area (Å²) >= 11 is 0. The first kappa shape index (κ1) is 12.2. The van der Waals surface area contributed by atoms with Crippen LogP contribution in [0.5, 0.6) is 11.5 Å². The van der Waals surface area contributed by atoms with Crippen LogP contribution in [-0.4, -0.2) is 24.7 Å². The van der Waals surface area contributed by atoms with Gasteiger partial charge in [-0.05, 0) is 18.6 Å². The first-order valence-corrected chi connectivity index (χ1v) is 5.05. The Morgan fingerprint density at radius 2 is 2.25 bits per heavy atom. The van der Waals surface area contributed by atoms with Gasteiger partial charge in [0.15, 0.2) is 5.75 Å². The van der Waals surface area contributed by atoms with Gasteiger partial charge in [-0.1, -0.05) is 6.92 Å². The van der Waals surface area contributed by atoms with Gasteiger partial charge in [0.1, 0.15) is 11.3 Å². The first-order chi connectivity index (χ1) is 7.61. The summed E-state index contributed by atoms with van der Waals surface area (Å²) in [5.74, 6) is -0.609. The third-order valence-electron chi connectivity index (χ3n) is 2.17. The zero-order chi connectivity index (χ0) is 12.1. The Kier molecular flexibility index (Phi) is 3.99. The molecule has 0 spiro atoms. The zero-order valence-corrected chi connectivity index (χ0v) is 9.41. The number of nitrogens with two attached hydrogens (primary N) is 1. The van der Waals surface area contributed by atoms with Crippen LogP contribution in [0.2, 0.25) is 0 Å². The van der Waals surface area contributed by atoms with Gasteiger partial charge in [0.25, 0.3) is 5.91 Å². The van der Waals surface area contributed by atoms with E-state index in [2.05, 4.69) is 5.32 Å². The van der Waals surface area contributed by atoms with Gasteiger partial charge in [-0.3, -0.25) is 4.79 Å². The molecule has 0 aliphatic heterocycles. The van der Waals surface area contributed by atoms with Gasteiger partial charge in [0.2, 0.25) is 0 Å². The summed E-state index contributed by atoms with van der Waals surface area (Å²) < 4.78 is 4.96. The maximum absolute atomic E-state index is 11.2. The van der Waals surface area contributed by atoms with Gasteiger partial charge < -0.3 is 20.9 Å². The van der Waals surface area contributed by atoms with Crippen molar-refractivity contribution in [1.82, 2.24) is 0 Å². The Morgan fingerprint density at radius 1 is 1.56 bits per heavy atom. The minimum Gasteiger partial charge on any atom is -0.505 e. The Bertz CT molecular complexity index is 391. The highest BCUT2D eigenvalue weighted by molar-refractivity contribution is 6.00. The van der Waals surface area contributed by atoms with E-state index in [0.29, 0.717) is 12.2 Å². The minimum absolute atomic E-state index is 0.00334. The smallest absolute Gasteiger partial charge is 0.256 e. The summed E-state index contributed by atoms with van der Waals surface area (Å²) in [5.41, 5.74) is 5.67. The largest absolute Gasteiger partial charge is 0.505 e. The molecule has 0 bridgehead atoms. The Morgan fingerprint density at radius 3 is 2.75 bits per heavy atom. The third kappa shape index (κ3) is 2.36. The number of phenols is 1. The predicted molar refractivity (Wildman–Crippen MR) is 62.0 cm³/mol. The molecule has 1 rings (SSSR count).